The third-order valence-electron chi connectivity index (χ3n) is 8.50. The van der Waals surface area contributed by atoms with Crippen molar-refractivity contribution in [2.75, 3.05) is 32.2 Å². The summed E-state index contributed by atoms with van der Waals surface area (Å²) < 4.78 is 31.3. The Bertz CT molecular complexity index is 1310. The van der Waals surface area contributed by atoms with E-state index in [9.17, 15) is 4.39 Å². The van der Waals surface area contributed by atoms with E-state index in [2.05, 4.69) is 51.7 Å². The second kappa shape index (κ2) is 9.59. The molecule has 0 bridgehead atoms. The van der Waals surface area contributed by atoms with E-state index >= 15 is 0 Å². The van der Waals surface area contributed by atoms with Crippen molar-refractivity contribution in [3.05, 3.63) is 81.7 Å². The number of ether oxygens (including phenoxy) is 3. The summed E-state index contributed by atoms with van der Waals surface area (Å²) in [4.78, 5) is 2.56. The van der Waals surface area contributed by atoms with E-state index in [0.717, 1.165) is 48.7 Å². The molecule has 5 heteroatoms. The molecule has 37 heavy (non-hydrogen) atoms. The lowest BCUT2D eigenvalue weighted by Gasteiger charge is -2.37. The van der Waals surface area contributed by atoms with Crippen molar-refractivity contribution >= 4 is 5.69 Å². The van der Waals surface area contributed by atoms with Gasteiger partial charge in [-0.1, -0.05) is 18.2 Å². The number of methoxy groups -OCH3 is 2. The Morgan fingerprint density at radius 3 is 2.08 bits per heavy atom. The molecule has 2 aliphatic heterocycles. The number of benzene rings is 3. The molecule has 0 aliphatic carbocycles. The molecule has 1 unspecified atom stereocenters. The highest BCUT2D eigenvalue weighted by Crippen LogP contribution is 2.54. The van der Waals surface area contributed by atoms with Gasteiger partial charge in [-0.15, -0.1) is 0 Å². The van der Waals surface area contributed by atoms with Gasteiger partial charge in [0.1, 0.15) is 17.2 Å². The Hall–Kier alpha value is -3.21. The minimum atomic E-state index is -0.416. The lowest BCUT2D eigenvalue weighted by atomic mass is 9.78. The standard InChI is InChI=1S/C32H38FNO3/c1-19-20(2)31-28(29(32(4,5)37-31)23-8-11-25(33)12-9-23)21(3)30(19)34-16-14-22(15-17-34)24-10-13-26(35-6)27(18-24)36-7/h8-13,18,22,29H,14-17H2,1-7H3. The average Bonchev–Trinajstić information content (AvgIpc) is 3.19. The number of anilines is 1. The summed E-state index contributed by atoms with van der Waals surface area (Å²) in [5.74, 6) is 2.88. The van der Waals surface area contributed by atoms with Gasteiger partial charge < -0.3 is 19.1 Å². The first-order valence-corrected chi connectivity index (χ1v) is 13.2. The molecule has 3 aromatic rings. The van der Waals surface area contributed by atoms with Gasteiger partial charge in [0.25, 0.3) is 0 Å². The van der Waals surface area contributed by atoms with Crippen molar-refractivity contribution in [1.29, 1.82) is 0 Å². The first-order chi connectivity index (χ1) is 17.7. The number of nitrogens with zero attached hydrogens (tertiary/aromatic N) is 1. The summed E-state index contributed by atoms with van der Waals surface area (Å²) in [7, 11) is 3.36. The molecule has 5 rings (SSSR count). The average molecular weight is 504 g/mol. The number of piperidine rings is 1. The molecule has 0 radical (unpaired) electrons. The van der Waals surface area contributed by atoms with Gasteiger partial charge in [0.2, 0.25) is 0 Å². The van der Waals surface area contributed by atoms with Crippen LogP contribution in [-0.2, 0) is 0 Å². The van der Waals surface area contributed by atoms with E-state index in [1.165, 1.54) is 33.5 Å². The van der Waals surface area contributed by atoms with E-state index in [1.807, 2.05) is 18.2 Å². The number of fused-ring (bicyclic) bond motifs is 1. The van der Waals surface area contributed by atoms with Crippen molar-refractivity contribution in [2.24, 2.45) is 0 Å². The van der Waals surface area contributed by atoms with Crippen LogP contribution in [0, 0.1) is 26.6 Å². The number of halogens is 1. The van der Waals surface area contributed by atoms with Crippen molar-refractivity contribution in [2.45, 2.75) is 64.9 Å². The Labute approximate surface area is 220 Å². The smallest absolute Gasteiger partial charge is 0.160 e. The molecule has 0 amide bonds. The van der Waals surface area contributed by atoms with E-state index < -0.39 is 5.60 Å². The third-order valence-corrected chi connectivity index (χ3v) is 8.50. The highest BCUT2D eigenvalue weighted by molar-refractivity contribution is 5.72. The van der Waals surface area contributed by atoms with Gasteiger partial charge >= 0.3 is 0 Å². The zero-order chi connectivity index (χ0) is 26.5. The van der Waals surface area contributed by atoms with Crippen LogP contribution in [0.5, 0.6) is 17.2 Å². The molecule has 1 atom stereocenters. The molecule has 4 nitrogen and oxygen atoms in total. The predicted octanol–water partition coefficient (Wildman–Crippen LogP) is 7.46. The molecular formula is C32H38FNO3. The van der Waals surface area contributed by atoms with Crippen molar-refractivity contribution in [1.82, 2.24) is 0 Å². The summed E-state index contributed by atoms with van der Waals surface area (Å²) in [6, 6.07) is 13.2. The molecule has 0 N–H and O–H groups in total. The van der Waals surface area contributed by atoms with Crippen molar-refractivity contribution < 1.29 is 18.6 Å². The minimum Gasteiger partial charge on any atom is -0.493 e. The first kappa shape index (κ1) is 25.4. The molecule has 1 fully saturated rings. The molecule has 3 aromatic carbocycles. The highest BCUT2D eigenvalue weighted by atomic mass is 19.1. The summed E-state index contributed by atoms with van der Waals surface area (Å²) in [6.45, 7) is 12.9. The molecule has 0 saturated carbocycles. The minimum absolute atomic E-state index is 0.0467. The quantitative estimate of drug-likeness (QED) is 0.362. The van der Waals surface area contributed by atoms with E-state index in [0.29, 0.717) is 5.92 Å². The van der Waals surface area contributed by atoms with Gasteiger partial charge in [0, 0.05) is 24.3 Å². The van der Waals surface area contributed by atoms with Crippen molar-refractivity contribution in [3.8, 4) is 17.2 Å². The van der Waals surface area contributed by atoms with Gasteiger partial charge in [0.05, 0.1) is 20.1 Å². The van der Waals surface area contributed by atoms with E-state index in [-0.39, 0.29) is 11.7 Å². The summed E-state index contributed by atoms with van der Waals surface area (Å²) in [5.41, 5.74) is 8.33. The fourth-order valence-electron chi connectivity index (χ4n) is 6.52. The van der Waals surface area contributed by atoms with Crippen molar-refractivity contribution in [3.63, 3.8) is 0 Å². The Balaban J connectivity index is 1.47. The Morgan fingerprint density at radius 2 is 1.46 bits per heavy atom. The van der Waals surface area contributed by atoms with Crippen LogP contribution in [0.1, 0.15) is 71.9 Å². The largest absolute Gasteiger partial charge is 0.493 e. The molecular weight excluding hydrogens is 465 g/mol. The SMILES string of the molecule is COc1ccc(C2CCN(c3c(C)c(C)c4c(c3C)C(c3ccc(F)cc3)C(C)(C)O4)CC2)cc1OC. The fraction of sp³-hybridized carbons (Fsp3) is 0.438. The number of hydrogen-bond donors (Lipinski definition) is 0. The van der Waals surface area contributed by atoms with Gasteiger partial charge in [0.15, 0.2) is 11.5 Å². The van der Waals surface area contributed by atoms with Gasteiger partial charge in [-0.25, -0.2) is 4.39 Å². The lowest BCUT2D eigenvalue weighted by Crippen LogP contribution is -2.34. The zero-order valence-corrected chi connectivity index (χ0v) is 23.1. The fourth-order valence-corrected chi connectivity index (χ4v) is 6.52. The molecule has 2 heterocycles. The van der Waals surface area contributed by atoms with Gasteiger partial charge in [-0.2, -0.15) is 0 Å². The highest BCUT2D eigenvalue weighted by Gasteiger charge is 2.45. The van der Waals surface area contributed by atoms with Crippen LogP contribution in [0.15, 0.2) is 42.5 Å². The van der Waals surface area contributed by atoms with Crippen LogP contribution in [0.3, 0.4) is 0 Å². The maximum atomic E-state index is 13.7. The maximum absolute atomic E-state index is 13.7. The second-order valence-electron chi connectivity index (χ2n) is 11.0. The second-order valence-corrected chi connectivity index (χ2v) is 11.0. The first-order valence-electron chi connectivity index (χ1n) is 13.2. The Kier molecular flexibility index (Phi) is 6.59. The topological polar surface area (TPSA) is 30.9 Å². The van der Waals surface area contributed by atoms with E-state index in [4.69, 9.17) is 14.2 Å². The molecule has 196 valence electrons. The van der Waals surface area contributed by atoms with Crippen LogP contribution in [-0.4, -0.2) is 32.9 Å². The molecule has 2 aliphatic rings. The summed E-state index contributed by atoms with van der Waals surface area (Å²) in [5, 5.41) is 0. The third kappa shape index (κ3) is 4.32. The lowest BCUT2D eigenvalue weighted by molar-refractivity contribution is 0.121. The number of rotatable bonds is 5. The van der Waals surface area contributed by atoms with Gasteiger partial charge in [-0.05, 0) is 105 Å². The Morgan fingerprint density at radius 1 is 0.838 bits per heavy atom. The van der Waals surface area contributed by atoms with Crippen LogP contribution < -0.4 is 19.1 Å². The molecule has 1 saturated heterocycles. The van der Waals surface area contributed by atoms with Crippen LogP contribution in [0.25, 0.3) is 0 Å². The normalized spacial score (nSPS) is 18.9. The number of hydrogen-bond acceptors (Lipinski definition) is 4. The predicted molar refractivity (Wildman–Crippen MR) is 147 cm³/mol. The molecule has 0 aromatic heterocycles. The molecule has 0 spiro atoms. The summed E-state index contributed by atoms with van der Waals surface area (Å²) in [6.07, 6.45) is 2.15. The maximum Gasteiger partial charge on any atom is 0.160 e. The van der Waals surface area contributed by atoms with Crippen LogP contribution >= 0.6 is 0 Å². The monoisotopic (exact) mass is 503 g/mol. The van der Waals surface area contributed by atoms with Crippen LogP contribution in [0.4, 0.5) is 10.1 Å². The summed E-state index contributed by atoms with van der Waals surface area (Å²) >= 11 is 0. The zero-order valence-electron chi connectivity index (χ0n) is 23.1. The van der Waals surface area contributed by atoms with Crippen LogP contribution in [0.2, 0.25) is 0 Å². The van der Waals surface area contributed by atoms with Gasteiger partial charge in [-0.3, -0.25) is 0 Å². The van der Waals surface area contributed by atoms with E-state index in [1.54, 1.807) is 26.4 Å².